The van der Waals surface area contributed by atoms with Crippen molar-refractivity contribution in [2.45, 2.75) is 239 Å². The zero-order chi connectivity index (χ0) is 47.8. The summed E-state index contributed by atoms with van der Waals surface area (Å²) in [6, 6.07) is -0.238. The number of urea groups is 1. The molecule has 0 fully saturated rings. The molecule has 0 heterocycles. The van der Waals surface area contributed by atoms with Crippen molar-refractivity contribution in [2.24, 2.45) is 5.73 Å². The van der Waals surface area contributed by atoms with Crippen LogP contribution in [0.2, 0.25) is 0 Å². The number of hydrogen-bond acceptors (Lipinski definition) is 8. The summed E-state index contributed by atoms with van der Waals surface area (Å²) in [4.78, 5) is 39.6. The van der Waals surface area contributed by atoms with Gasteiger partial charge in [0, 0.05) is 19.4 Å². The summed E-state index contributed by atoms with van der Waals surface area (Å²) in [5.74, 6) is -2.17. The summed E-state index contributed by atoms with van der Waals surface area (Å²) in [6.07, 6.45) is 45.2. The van der Waals surface area contributed by atoms with Gasteiger partial charge in [-0.25, -0.2) is 4.79 Å². The fourth-order valence-corrected chi connectivity index (χ4v) is 8.05. The number of nitrogens with zero attached hydrogens (tertiary/aromatic N) is 1. The average molecular weight is 920 g/mol. The highest BCUT2D eigenvalue weighted by Gasteiger charge is 2.52. The maximum absolute atomic E-state index is 13.4. The van der Waals surface area contributed by atoms with Crippen LogP contribution < -0.4 is 27.0 Å². The van der Waals surface area contributed by atoms with Gasteiger partial charge in [-0.15, -0.1) is 0 Å². The number of hydrogen-bond donors (Lipinski definition) is 5. The summed E-state index contributed by atoms with van der Waals surface area (Å²) in [7, 11) is 3.82. The Morgan fingerprint density at radius 3 is 1.25 bits per heavy atom. The average Bonchev–Trinajstić information content (AvgIpc) is 3.28. The lowest BCUT2D eigenvalue weighted by Gasteiger charge is -2.44. The van der Waals surface area contributed by atoms with Crippen LogP contribution in [0.5, 0.6) is 0 Å². The lowest BCUT2D eigenvalue weighted by Crippen LogP contribution is -2.65. The highest BCUT2D eigenvalue weighted by molar-refractivity contribution is 5.73. The third-order valence-electron chi connectivity index (χ3n) is 12.5. The SMILES string of the molecule is CCCCCCCCC=CCCCCCCCC(=O)OC(CC)(OC(=O)CCCCCCCC=CCCCCCCCC)[N+](C)(C)CCNC(=O)NCCCNCCCCNCCCN. The number of carbonyl (C=O) groups is 3. The number of rotatable bonds is 49. The fourth-order valence-electron chi connectivity index (χ4n) is 8.05. The number of carbonyl (C=O) groups excluding carboxylic acids is 3. The number of allylic oxidation sites excluding steroid dienone is 4. The molecule has 6 N–H and O–H groups in total. The monoisotopic (exact) mass is 920 g/mol. The molecule has 0 aromatic heterocycles. The zero-order valence-electron chi connectivity index (χ0n) is 43.4. The van der Waals surface area contributed by atoms with Crippen molar-refractivity contribution in [3.8, 4) is 0 Å². The zero-order valence-corrected chi connectivity index (χ0v) is 43.4. The van der Waals surface area contributed by atoms with Crippen LogP contribution in [0.3, 0.4) is 0 Å². The standard InChI is InChI=1S/C54H106N6O5/c1-6-9-11-13-15-17-19-21-23-25-27-29-31-33-35-41-51(61)64-54(8-3,65-52(62)42-36-34-32-30-28-26-24-22-20-18-16-14-12-10-7-2)60(4,5)50-49-59-53(63)58-48-40-47-57-45-38-37-44-56-46-39-43-55/h21-24,56-57H,6-20,25-50,55H2,1-5H3,(H-,58,59,63)/p+1. The molecule has 0 atom stereocenters. The van der Waals surface area contributed by atoms with E-state index in [4.69, 9.17) is 15.2 Å². The third kappa shape index (κ3) is 39.3. The second-order valence-electron chi connectivity index (χ2n) is 19.0. The van der Waals surface area contributed by atoms with E-state index in [9.17, 15) is 14.4 Å². The van der Waals surface area contributed by atoms with Crippen molar-refractivity contribution in [3.63, 3.8) is 0 Å². The van der Waals surface area contributed by atoms with Crippen molar-refractivity contribution < 1.29 is 28.3 Å². The number of nitrogens with one attached hydrogen (secondary N) is 4. The fraction of sp³-hybridized carbons (Fsp3) is 0.870. The van der Waals surface area contributed by atoms with Crippen LogP contribution in [0.15, 0.2) is 24.3 Å². The molecule has 0 unspecified atom stereocenters. The minimum absolute atomic E-state index is 0.0898. The second kappa shape index (κ2) is 46.6. The van der Waals surface area contributed by atoms with Crippen LogP contribution in [0.1, 0.15) is 233 Å². The molecule has 0 aliphatic carbocycles. The Balaban J connectivity index is 4.87. The molecule has 0 saturated carbocycles. The normalized spacial score (nSPS) is 12.8. The molecule has 382 valence electrons. The summed E-state index contributed by atoms with van der Waals surface area (Å²) in [5.41, 5.74) is 5.53. The van der Waals surface area contributed by atoms with E-state index in [0.717, 1.165) is 123 Å². The van der Waals surface area contributed by atoms with E-state index in [1.165, 1.54) is 103 Å². The molecule has 0 aliphatic heterocycles. The van der Waals surface area contributed by atoms with Gasteiger partial charge in [0.05, 0.1) is 27.1 Å². The molecule has 0 aliphatic rings. The molecule has 65 heavy (non-hydrogen) atoms. The molecule has 2 amide bonds. The van der Waals surface area contributed by atoms with Crippen molar-refractivity contribution >= 4 is 18.0 Å². The van der Waals surface area contributed by atoms with E-state index in [2.05, 4.69) is 59.4 Å². The van der Waals surface area contributed by atoms with Crippen LogP contribution in [0.25, 0.3) is 0 Å². The maximum atomic E-state index is 13.4. The van der Waals surface area contributed by atoms with Gasteiger partial charge in [-0.05, 0) is 123 Å². The van der Waals surface area contributed by atoms with Crippen LogP contribution in [-0.2, 0) is 19.1 Å². The number of likely N-dealkylation sites (N-methyl/N-ethyl adjacent to an activating group) is 1. The van der Waals surface area contributed by atoms with E-state index < -0.39 is 5.91 Å². The Labute approximate surface area is 401 Å². The van der Waals surface area contributed by atoms with Crippen molar-refractivity contribution in [1.29, 1.82) is 0 Å². The van der Waals surface area contributed by atoms with Crippen LogP contribution in [0.4, 0.5) is 4.79 Å². The largest absolute Gasteiger partial charge is 0.407 e. The van der Waals surface area contributed by atoms with Gasteiger partial charge in [-0.3, -0.25) is 14.1 Å². The maximum Gasteiger partial charge on any atom is 0.407 e. The number of ether oxygens (including phenoxy) is 2. The molecule has 0 bridgehead atoms. The van der Waals surface area contributed by atoms with Gasteiger partial charge in [0.25, 0.3) is 0 Å². The molecule has 0 spiro atoms. The molecule has 0 aromatic rings. The molecule has 0 rings (SSSR count). The Hall–Kier alpha value is -2.47. The molecular formula is C54H107N6O5+. The molecule has 0 aromatic carbocycles. The lowest BCUT2D eigenvalue weighted by atomic mass is 10.1. The summed E-state index contributed by atoms with van der Waals surface area (Å²) < 4.78 is 12.5. The van der Waals surface area contributed by atoms with Gasteiger partial charge in [-0.1, -0.05) is 148 Å². The molecule has 11 nitrogen and oxygen atoms in total. The summed E-state index contributed by atoms with van der Waals surface area (Å²) in [5, 5.41) is 12.8. The van der Waals surface area contributed by atoms with E-state index in [-0.39, 0.29) is 35.3 Å². The van der Waals surface area contributed by atoms with Crippen molar-refractivity contribution in [2.75, 3.05) is 66.5 Å². The highest BCUT2D eigenvalue weighted by Crippen LogP contribution is 2.30. The van der Waals surface area contributed by atoms with Crippen molar-refractivity contribution in [3.05, 3.63) is 24.3 Å². The first kappa shape index (κ1) is 62.5. The predicted octanol–water partition coefficient (Wildman–Crippen LogP) is 12.3. The first-order valence-electron chi connectivity index (χ1n) is 27.4. The number of nitrogens with two attached hydrogens (primary N) is 1. The smallest absolute Gasteiger partial charge is 0.374 e. The van der Waals surface area contributed by atoms with Gasteiger partial charge >= 0.3 is 23.9 Å². The van der Waals surface area contributed by atoms with Gasteiger partial charge in [0.1, 0.15) is 6.54 Å². The van der Waals surface area contributed by atoms with Crippen LogP contribution in [0, 0.1) is 0 Å². The Bertz CT molecular complexity index is 1090. The minimum Gasteiger partial charge on any atom is -0.374 e. The van der Waals surface area contributed by atoms with Gasteiger partial charge in [0.2, 0.25) is 0 Å². The van der Waals surface area contributed by atoms with E-state index in [1.54, 1.807) is 0 Å². The predicted molar refractivity (Wildman–Crippen MR) is 276 cm³/mol. The first-order valence-corrected chi connectivity index (χ1v) is 27.4. The van der Waals surface area contributed by atoms with E-state index >= 15 is 0 Å². The minimum atomic E-state index is -1.48. The third-order valence-corrected chi connectivity index (χ3v) is 12.5. The van der Waals surface area contributed by atoms with Crippen molar-refractivity contribution in [1.82, 2.24) is 21.3 Å². The van der Waals surface area contributed by atoms with Crippen LogP contribution in [-0.4, -0.2) is 94.8 Å². The molecule has 0 saturated heterocycles. The number of unbranched alkanes of at least 4 members (excludes halogenated alkanes) is 23. The summed E-state index contributed by atoms with van der Waals surface area (Å²) in [6.45, 7) is 12.2. The Morgan fingerprint density at radius 2 is 0.831 bits per heavy atom. The van der Waals surface area contributed by atoms with E-state index in [1.807, 2.05) is 21.0 Å². The van der Waals surface area contributed by atoms with Gasteiger partial charge in [-0.2, -0.15) is 0 Å². The Morgan fingerprint density at radius 1 is 0.462 bits per heavy atom. The highest BCUT2D eigenvalue weighted by atomic mass is 16.8. The lowest BCUT2D eigenvalue weighted by molar-refractivity contribution is -0.989. The molecular weight excluding hydrogens is 813 g/mol. The van der Waals surface area contributed by atoms with Crippen LogP contribution >= 0.6 is 0 Å². The number of esters is 2. The quantitative estimate of drug-likeness (QED) is 0.0133. The number of quaternary nitrogens is 1. The number of amides is 2. The Kier molecular flexibility index (Phi) is 44.9. The van der Waals surface area contributed by atoms with Gasteiger partial charge < -0.3 is 36.5 Å². The first-order chi connectivity index (χ1) is 31.7. The topological polar surface area (TPSA) is 144 Å². The van der Waals surface area contributed by atoms with E-state index in [0.29, 0.717) is 26.1 Å². The molecule has 0 radical (unpaired) electrons. The molecule has 11 heteroatoms. The summed E-state index contributed by atoms with van der Waals surface area (Å²) >= 11 is 0. The van der Waals surface area contributed by atoms with Gasteiger partial charge in [0.15, 0.2) is 0 Å². The second-order valence-corrected chi connectivity index (χ2v) is 19.0.